The van der Waals surface area contributed by atoms with Crippen molar-refractivity contribution in [2.75, 3.05) is 34.3 Å². The molecule has 0 unspecified atom stereocenters. The minimum absolute atomic E-state index is 0.0415. The highest BCUT2D eigenvalue weighted by Crippen LogP contribution is 2.43. The molecule has 1 aromatic carbocycles. The van der Waals surface area contributed by atoms with Crippen LogP contribution in [0.15, 0.2) is 15.3 Å². The smallest absolute Gasteiger partial charge is 0.339 e. The lowest BCUT2D eigenvalue weighted by Gasteiger charge is -2.33. The zero-order chi connectivity index (χ0) is 24.6. The summed E-state index contributed by atoms with van der Waals surface area (Å²) in [5.41, 5.74) is 2.02. The summed E-state index contributed by atoms with van der Waals surface area (Å²) in [7, 11) is 5.63. The second-order valence-electron chi connectivity index (χ2n) is 10.8. The summed E-state index contributed by atoms with van der Waals surface area (Å²) in [6.45, 7) is 11.7. The number of hydrogen-bond donors (Lipinski definition) is 1. The van der Waals surface area contributed by atoms with Crippen LogP contribution in [-0.4, -0.2) is 50.7 Å². The van der Waals surface area contributed by atoms with Crippen molar-refractivity contribution in [1.82, 2.24) is 10.2 Å². The van der Waals surface area contributed by atoms with Gasteiger partial charge >= 0.3 is 5.63 Å². The number of rotatable bonds is 8. The van der Waals surface area contributed by atoms with Gasteiger partial charge in [0, 0.05) is 36.7 Å². The van der Waals surface area contributed by atoms with E-state index >= 15 is 0 Å². The average Bonchev–Trinajstić information content (AvgIpc) is 2.69. The summed E-state index contributed by atoms with van der Waals surface area (Å²) in [5.74, 6) is 1.23. The lowest BCUT2D eigenvalue weighted by Crippen LogP contribution is -2.40. The Kier molecular flexibility index (Phi) is 7.13. The Labute approximate surface area is 196 Å². The fourth-order valence-corrected chi connectivity index (χ4v) is 4.71. The Morgan fingerprint density at radius 2 is 2.00 bits per heavy atom. The van der Waals surface area contributed by atoms with Crippen LogP contribution in [0.25, 0.3) is 11.0 Å². The first-order valence-corrected chi connectivity index (χ1v) is 11.6. The van der Waals surface area contributed by atoms with Crippen molar-refractivity contribution < 1.29 is 18.7 Å². The third-order valence-electron chi connectivity index (χ3n) is 6.27. The highest BCUT2D eigenvalue weighted by atomic mass is 16.5. The molecule has 33 heavy (non-hydrogen) atoms. The predicted molar refractivity (Wildman–Crippen MR) is 130 cm³/mol. The first kappa shape index (κ1) is 25.1. The van der Waals surface area contributed by atoms with Gasteiger partial charge in [0.2, 0.25) is 5.91 Å². The first-order valence-electron chi connectivity index (χ1n) is 11.6. The molecule has 0 atom stereocenters. The quantitative estimate of drug-likeness (QED) is 0.605. The average molecular weight is 459 g/mol. The van der Waals surface area contributed by atoms with E-state index in [1.165, 1.54) is 0 Å². The molecule has 0 saturated carbocycles. The molecule has 0 radical (unpaired) electrons. The van der Waals surface area contributed by atoms with Crippen molar-refractivity contribution in [3.8, 4) is 11.5 Å². The van der Waals surface area contributed by atoms with E-state index in [0.29, 0.717) is 35.6 Å². The summed E-state index contributed by atoms with van der Waals surface area (Å²) in [6, 6.07) is 1.88. The van der Waals surface area contributed by atoms with E-state index in [1.807, 2.05) is 40.9 Å². The Morgan fingerprint density at radius 1 is 1.30 bits per heavy atom. The Morgan fingerprint density at radius 3 is 2.64 bits per heavy atom. The Bertz CT molecular complexity index is 1100. The molecule has 0 saturated heterocycles. The minimum Gasteiger partial charge on any atom is -0.496 e. The zero-order valence-electron chi connectivity index (χ0n) is 21.3. The van der Waals surface area contributed by atoms with Gasteiger partial charge in [-0.15, -0.1) is 0 Å². The highest BCUT2D eigenvalue weighted by molar-refractivity contribution is 5.92. The molecule has 7 nitrogen and oxygen atoms in total. The number of nitrogens with zero attached hydrogens (tertiary/aromatic N) is 1. The van der Waals surface area contributed by atoms with Gasteiger partial charge in [-0.1, -0.05) is 13.8 Å². The normalized spacial score (nSPS) is 15.3. The monoisotopic (exact) mass is 458 g/mol. The summed E-state index contributed by atoms with van der Waals surface area (Å²) >= 11 is 0. The molecule has 1 N–H and O–H groups in total. The Balaban J connectivity index is 1.85. The SMILES string of the molecule is COc1cc2c(c3oc(=O)c(CCC(=O)NCC(C)(C)CN(C)C)c(C)c13)CCC(C)(C)O2. The largest absolute Gasteiger partial charge is 0.496 e. The van der Waals surface area contributed by atoms with Crippen LogP contribution in [0, 0.1) is 12.3 Å². The zero-order valence-corrected chi connectivity index (χ0v) is 21.3. The van der Waals surface area contributed by atoms with Crippen LogP contribution in [0.1, 0.15) is 57.2 Å². The van der Waals surface area contributed by atoms with Gasteiger partial charge in [0.15, 0.2) is 0 Å². The van der Waals surface area contributed by atoms with Crippen LogP contribution < -0.4 is 20.4 Å². The summed E-state index contributed by atoms with van der Waals surface area (Å²) in [4.78, 5) is 27.5. The van der Waals surface area contributed by atoms with Gasteiger partial charge in [-0.05, 0) is 65.1 Å². The van der Waals surface area contributed by atoms with Crippen molar-refractivity contribution in [2.45, 2.75) is 65.9 Å². The number of carbonyl (C=O) groups is 1. The summed E-state index contributed by atoms with van der Waals surface area (Å²) in [5, 5.41) is 3.79. The van der Waals surface area contributed by atoms with Gasteiger partial charge in [0.25, 0.3) is 0 Å². The number of ether oxygens (including phenoxy) is 2. The number of fused-ring (bicyclic) bond motifs is 3. The van der Waals surface area contributed by atoms with Crippen LogP contribution in [0.3, 0.4) is 0 Å². The van der Waals surface area contributed by atoms with E-state index in [0.717, 1.165) is 35.9 Å². The number of nitrogens with one attached hydrogen (secondary N) is 1. The maximum Gasteiger partial charge on any atom is 0.339 e. The van der Waals surface area contributed by atoms with E-state index in [9.17, 15) is 9.59 Å². The molecule has 0 spiro atoms. The lowest BCUT2D eigenvalue weighted by molar-refractivity contribution is -0.121. The Hall–Kier alpha value is -2.54. The van der Waals surface area contributed by atoms with Gasteiger partial charge in [0.1, 0.15) is 22.7 Å². The van der Waals surface area contributed by atoms with Crippen molar-refractivity contribution >= 4 is 16.9 Å². The van der Waals surface area contributed by atoms with Crippen LogP contribution in [0.4, 0.5) is 0 Å². The molecule has 0 bridgehead atoms. The van der Waals surface area contributed by atoms with E-state index in [-0.39, 0.29) is 23.3 Å². The van der Waals surface area contributed by atoms with E-state index in [4.69, 9.17) is 13.9 Å². The van der Waals surface area contributed by atoms with Crippen LogP contribution >= 0.6 is 0 Å². The molecular formula is C26H38N2O5. The van der Waals surface area contributed by atoms with E-state index < -0.39 is 5.63 Å². The molecule has 7 heteroatoms. The van der Waals surface area contributed by atoms with Crippen LogP contribution in [0.5, 0.6) is 11.5 Å². The molecule has 1 aliphatic heterocycles. The van der Waals surface area contributed by atoms with Gasteiger partial charge < -0.3 is 24.1 Å². The van der Waals surface area contributed by atoms with E-state index in [2.05, 4.69) is 24.1 Å². The fourth-order valence-electron chi connectivity index (χ4n) is 4.71. The number of benzene rings is 1. The molecular weight excluding hydrogens is 420 g/mol. The van der Waals surface area contributed by atoms with Crippen LogP contribution in [-0.2, 0) is 17.6 Å². The lowest BCUT2D eigenvalue weighted by atomic mass is 9.91. The van der Waals surface area contributed by atoms with Gasteiger partial charge in [-0.2, -0.15) is 0 Å². The molecule has 0 aliphatic carbocycles. The molecule has 3 rings (SSSR count). The van der Waals surface area contributed by atoms with Crippen molar-refractivity contribution in [3.63, 3.8) is 0 Å². The van der Waals surface area contributed by atoms with Crippen LogP contribution in [0.2, 0.25) is 0 Å². The molecule has 1 amide bonds. The minimum atomic E-state index is -0.402. The summed E-state index contributed by atoms with van der Waals surface area (Å²) < 4.78 is 17.6. The molecule has 2 heterocycles. The van der Waals surface area contributed by atoms with Gasteiger partial charge in [-0.25, -0.2) is 4.79 Å². The number of carbonyl (C=O) groups excluding carboxylic acids is 1. The van der Waals surface area contributed by atoms with E-state index in [1.54, 1.807) is 7.11 Å². The second-order valence-corrected chi connectivity index (χ2v) is 10.8. The van der Waals surface area contributed by atoms with Crippen molar-refractivity contribution in [3.05, 3.63) is 33.2 Å². The first-order chi connectivity index (χ1) is 15.3. The molecule has 0 fully saturated rings. The molecule has 1 aromatic heterocycles. The van der Waals surface area contributed by atoms with Crippen molar-refractivity contribution in [1.29, 1.82) is 0 Å². The highest BCUT2D eigenvalue weighted by Gasteiger charge is 2.31. The third kappa shape index (κ3) is 5.69. The molecule has 2 aromatic rings. The number of hydrogen-bond acceptors (Lipinski definition) is 6. The summed E-state index contributed by atoms with van der Waals surface area (Å²) in [6.07, 6.45) is 2.12. The number of amides is 1. The number of methoxy groups -OCH3 is 1. The standard InChI is InChI=1S/C26H38N2O5/c1-16-17(9-10-21(29)27-14-25(2,3)15-28(6)7)24(30)32-23-18-11-12-26(4,5)33-19(18)13-20(31-8)22(16)23/h13H,9-12,14-15H2,1-8H3,(H,27,29). The maximum atomic E-state index is 12.9. The van der Waals surface area contributed by atoms with Gasteiger partial charge in [-0.3, -0.25) is 4.79 Å². The fraction of sp³-hybridized carbons (Fsp3) is 0.615. The van der Waals surface area contributed by atoms with Gasteiger partial charge in [0.05, 0.1) is 12.5 Å². The second kappa shape index (κ2) is 9.37. The molecule has 1 aliphatic rings. The van der Waals surface area contributed by atoms with Crippen molar-refractivity contribution in [2.24, 2.45) is 5.41 Å². The topological polar surface area (TPSA) is 81.0 Å². The third-order valence-corrected chi connectivity index (χ3v) is 6.27. The number of aryl methyl sites for hydroxylation is 2. The predicted octanol–water partition coefficient (Wildman–Crippen LogP) is 3.85. The maximum absolute atomic E-state index is 12.9. The molecule has 182 valence electrons.